The number of hydrogen-bond donors (Lipinski definition) is 15. The second kappa shape index (κ2) is 47.2. The highest BCUT2D eigenvalue weighted by molar-refractivity contribution is 7.99. The van der Waals surface area contributed by atoms with Crippen molar-refractivity contribution in [1.82, 2.24) is 91.6 Å². The quantitative estimate of drug-likeness (QED) is 0.0224. The van der Waals surface area contributed by atoms with E-state index in [2.05, 4.69) is 124 Å². The number of pyridine rings is 7. The summed E-state index contributed by atoms with van der Waals surface area (Å²) in [6.45, 7) is 19.5. The number of hydrogen-bond acceptors (Lipinski definition) is 35. The van der Waals surface area contributed by atoms with Gasteiger partial charge in [-0.1, -0.05) is 48.3 Å². The molecule has 0 aliphatic rings. The third-order valence-corrected chi connectivity index (χ3v) is 18.9. The standard InChI is InChI=1S/C21H25N7O4S.C21H25N7O2S.C13H14ClN5OS.C11H9ClN4O2S.C8H12N2O.C2H7N.ClH/c1-5-22-20(29)18-14(25-19-15(33(4,31)32)7-6-10-23-19)11-17(27-28-18)26-16-9-8-13(12-24-16)21(2,3)30;1-5-22-20(29)18-14(25-19-15(31-4)7-6-10-23-19)11-17(27-28-18)26-16-9-8-13(12-24-16)21(2,3)30;1-3-15-13(20)11-8(7-10(14)18-19-11)17-12-9(21-2)5-4-6-16-12;1-19-7-3-2-4-13-10(7)14-6-5-8(12)15-16-9(6)11(17)18;1-8(2,11)6-3-4-7(9)10-5-6;1-2-3;/h6-12,30H,5H2,1-4H3,(H,22,29)(H2,23,24,25,26,27);6-12,30H,5H2,1-4H3,(H,22,29)(H2,23,24,25,26,27);4-7H,3H2,1-2H3,(H,15,20)(H,16,17,18);2-5H,1H3,(H,17,18)(H,13,14,15);3-5,11H,1-2H3,(H2,9,10);2-3H2,1H3;1H. The number of carbonyl (C=O) groups excluding carboxylic acids is 3. The number of nitrogens with one attached hydrogen (secondary N) is 9. The molecule has 0 spiro atoms. The fourth-order valence-electron chi connectivity index (χ4n) is 9.35. The Morgan fingerprint density at radius 2 is 0.739 bits per heavy atom. The van der Waals surface area contributed by atoms with Crippen LogP contribution in [0, 0.1) is 0 Å². The van der Waals surface area contributed by atoms with E-state index >= 15 is 0 Å². The molecule has 0 aliphatic heterocycles. The van der Waals surface area contributed by atoms with Crippen LogP contribution >= 0.6 is 70.9 Å². The molecule has 36 nitrogen and oxygen atoms in total. The minimum Gasteiger partial charge on any atom is -0.476 e. The Morgan fingerprint density at radius 3 is 1.05 bits per heavy atom. The summed E-state index contributed by atoms with van der Waals surface area (Å²) >= 11 is 16.2. The van der Waals surface area contributed by atoms with Crippen molar-refractivity contribution in [2.24, 2.45) is 5.73 Å². The van der Waals surface area contributed by atoms with Gasteiger partial charge < -0.3 is 79.7 Å². The van der Waals surface area contributed by atoms with E-state index in [1.807, 2.05) is 69.9 Å². The predicted octanol–water partition coefficient (Wildman–Crippen LogP) is 12.3. The predicted molar refractivity (Wildman–Crippen MR) is 469 cm³/mol. The number of carbonyl (C=O) groups is 4. The maximum atomic E-state index is 12.5. The minimum atomic E-state index is -3.58. The molecule has 43 heteroatoms. The molecule has 0 fully saturated rings. The summed E-state index contributed by atoms with van der Waals surface area (Å²) in [6, 6.07) is 30.6. The van der Waals surface area contributed by atoms with Crippen molar-refractivity contribution in [1.29, 1.82) is 0 Å². The Morgan fingerprint density at radius 1 is 0.429 bits per heavy atom. The third kappa shape index (κ3) is 31.1. The van der Waals surface area contributed by atoms with Crippen molar-refractivity contribution < 1.29 is 48.0 Å². The Bertz CT molecular complexity index is 5280. The summed E-state index contributed by atoms with van der Waals surface area (Å²) in [5.74, 6) is 1.63. The fourth-order valence-corrected chi connectivity index (χ4v) is 12.0. The molecule has 11 aromatic heterocycles. The lowest BCUT2D eigenvalue weighted by Crippen LogP contribution is -2.25. The molecule has 0 aromatic carbocycles. The lowest BCUT2D eigenvalue weighted by Gasteiger charge is -2.17. The van der Waals surface area contributed by atoms with Crippen LogP contribution in [0.1, 0.15) is 128 Å². The molecule has 11 aromatic rings. The number of aliphatic hydroxyl groups is 3. The Hall–Kier alpha value is -11.4. The molecule has 3 amide bonds. The van der Waals surface area contributed by atoms with Crippen molar-refractivity contribution in [3.8, 4) is 0 Å². The first kappa shape index (κ1) is 98.1. The monoisotopic (exact) mass is 1760 g/mol. The van der Waals surface area contributed by atoms with Crippen LogP contribution in [0.15, 0.2) is 172 Å². The van der Waals surface area contributed by atoms with Crippen molar-refractivity contribution in [3.05, 3.63) is 202 Å². The third-order valence-electron chi connectivity index (χ3n) is 15.1. The van der Waals surface area contributed by atoms with Crippen LogP contribution in [-0.4, -0.2) is 179 Å². The molecule has 0 saturated carbocycles. The molecular formula is C76H93Cl3N26O10S4. The molecule has 0 unspecified atom stereocenters. The van der Waals surface area contributed by atoms with Gasteiger partial charge in [-0.3, -0.25) is 14.4 Å². The average Bonchev–Trinajstić information content (AvgIpc) is 0.812. The number of thioether (sulfide) groups is 3. The fraction of sp³-hybridized carbons (Fsp3) is 0.276. The van der Waals surface area contributed by atoms with Gasteiger partial charge in [-0.15, -0.1) is 88.5 Å². The van der Waals surface area contributed by atoms with Gasteiger partial charge in [-0.2, -0.15) is 0 Å². The molecule has 119 heavy (non-hydrogen) atoms. The summed E-state index contributed by atoms with van der Waals surface area (Å²) in [4.78, 5) is 80.1. The van der Waals surface area contributed by atoms with Crippen LogP contribution in [-0.2, 0) is 26.6 Å². The Balaban J connectivity index is 0.000000272. The zero-order valence-corrected chi connectivity index (χ0v) is 72.8. The Labute approximate surface area is 717 Å². The SMILES string of the molecule is CC(C)(O)c1ccc(N)nc1.CCN.CCNC(=O)c1nnc(Cl)cc1Nc1ncccc1SC.CCNC(=O)c1nnc(Nc2ccc(C(C)(C)O)cn2)cc1Nc1ncccc1S(C)(=O)=O.CCNC(=O)c1nnc(Nc2ccc(C(C)(C)O)cn2)cc1Nc1ncccc1SC.CSc1cccnc1Nc1cc(Cl)nnc1C(=O)O.Cl. The van der Waals surface area contributed by atoms with Crippen molar-refractivity contribution in [2.75, 3.05) is 88.8 Å². The zero-order chi connectivity index (χ0) is 86.9. The minimum absolute atomic E-state index is 0. The molecule has 0 atom stereocenters. The second-order valence-corrected chi connectivity index (χ2v) is 31.0. The number of aromatic carboxylic acids is 1. The smallest absolute Gasteiger partial charge is 0.358 e. The number of nitrogen functional groups attached to an aromatic ring is 1. The number of nitrogens with zero attached hydrogens (tertiary/aromatic N) is 15. The molecule has 0 radical (unpaired) electrons. The molecule has 632 valence electrons. The maximum absolute atomic E-state index is 12.5. The van der Waals surface area contributed by atoms with Gasteiger partial charge >= 0.3 is 5.97 Å². The number of halogens is 3. The molecule has 0 aliphatic carbocycles. The first-order chi connectivity index (χ1) is 56.0. The number of rotatable bonds is 26. The second-order valence-electron chi connectivity index (χ2n) is 25.7. The number of aromatic nitrogens is 15. The highest BCUT2D eigenvalue weighted by atomic mass is 35.5. The molecule has 0 bridgehead atoms. The van der Waals surface area contributed by atoms with Crippen molar-refractivity contribution in [3.63, 3.8) is 0 Å². The maximum Gasteiger partial charge on any atom is 0.358 e. The molecule has 11 heterocycles. The number of sulfone groups is 1. The van der Waals surface area contributed by atoms with Crippen LogP contribution < -0.4 is 59.3 Å². The largest absolute Gasteiger partial charge is 0.476 e. The van der Waals surface area contributed by atoms with Gasteiger partial charge in [0.05, 0.1) is 39.6 Å². The highest BCUT2D eigenvalue weighted by Crippen LogP contribution is 2.33. The summed E-state index contributed by atoms with van der Waals surface area (Å²) in [5, 5.41) is 96.1. The molecular weight excluding hydrogens is 1670 g/mol. The first-order valence-corrected chi connectivity index (χ1v) is 42.0. The Kier molecular flexibility index (Phi) is 38.9. The lowest BCUT2D eigenvalue weighted by atomic mass is 10.0. The van der Waals surface area contributed by atoms with Gasteiger partial charge in [0.25, 0.3) is 17.7 Å². The van der Waals surface area contributed by atoms with E-state index < -0.39 is 38.5 Å². The van der Waals surface area contributed by atoms with E-state index in [0.29, 0.717) is 82.9 Å². The lowest BCUT2D eigenvalue weighted by molar-refractivity contribution is 0.0688. The van der Waals surface area contributed by atoms with E-state index in [9.17, 15) is 42.9 Å². The number of carboxylic acids is 1. The number of carboxylic acid groups (broad SMARTS) is 1. The van der Waals surface area contributed by atoms with E-state index in [1.54, 1.807) is 158 Å². The van der Waals surface area contributed by atoms with Crippen LogP contribution in [0.2, 0.25) is 10.3 Å². The summed E-state index contributed by atoms with van der Waals surface area (Å²) < 4.78 is 24.3. The highest BCUT2D eigenvalue weighted by Gasteiger charge is 2.25. The van der Waals surface area contributed by atoms with E-state index in [-0.39, 0.29) is 85.2 Å². The van der Waals surface area contributed by atoms with Crippen LogP contribution in [0.4, 0.5) is 75.1 Å². The van der Waals surface area contributed by atoms with Crippen LogP contribution in [0.25, 0.3) is 0 Å². The molecule has 0 saturated heterocycles. The van der Waals surface area contributed by atoms with Crippen LogP contribution in [0.3, 0.4) is 0 Å². The van der Waals surface area contributed by atoms with E-state index in [1.165, 1.54) is 48.4 Å². The molecule has 11 rings (SSSR count). The van der Waals surface area contributed by atoms with Crippen molar-refractivity contribution >= 4 is 180 Å². The average molecular weight is 1770 g/mol. The number of nitrogens with two attached hydrogens (primary N) is 2. The van der Waals surface area contributed by atoms with Gasteiger partial charge in [0.2, 0.25) is 0 Å². The zero-order valence-electron chi connectivity index (χ0n) is 67.2. The summed E-state index contributed by atoms with van der Waals surface area (Å²) in [6.07, 6.45) is 18.0. The van der Waals surface area contributed by atoms with Gasteiger partial charge in [-0.05, 0) is 154 Å². The van der Waals surface area contributed by atoms with E-state index in [4.69, 9.17) is 39.8 Å². The van der Waals surface area contributed by atoms with Gasteiger partial charge in [0, 0.05) is 125 Å². The number of anilines is 13. The van der Waals surface area contributed by atoms with Gasteiger partial charge in [0.15, 0.2) is 54.6 Å². The summed E-state index contributed by atoms with van der Waals surface area (Å²) in [7, 11) is -3.58. The van der Waals surface area contributed by atoms with Crippen LogP contribution in [0.5, 0.6) is 0 Å². The molecule has 17 N–H and O–H groups in total. The normalized spacial score (nSPS) is 10.8. The summed E-state index contributed by atoms with van der Waals surface area (Å²) in [5.41, 5.74) is 11.0. The van der Waals surface area contributed by atoms with E-state index in [0.717, 1.165) is 33.1 Å². The first-order valence-electron chi connectivity index (χ1n) is 35.6. The topological polar surface area (TPSA) is 537 Å². The van der Waals surface area contributed by atoms with Gasteiger partial charge in [-0.25, -0.2) is 48.1 Å². The van der Waals surface area contributed by atoms with Crippen molar-refractivity contribution in [2.45, 2.75) is 106 Å². The van der Waals surface area contributed by atoms with Gasteiger partial charge in [0.1, 0.15) is 45.6 Å². The number of amides is 3.